The van der Waals surface area contributed by atoms with Crippen molar-refractivity contribution in [3.05, 3.63) is 77.6 Å². The second kappa shape index (κ2) is 8.48. The zero-order valence-electron chi connectivity index (χ0n) is 17.8. The summed E-state index contributed by atoms with van der Waals surface area (Å²) in [6.45, 7) is 2.12. The number of pyridine rings is 1. The Morgan fingerprint density at radius 2 is 1.52 bits per heavy atom. The number of fused-ring (bicyclic) bond motifs is 4. The molecule has 3 aromatic carbocycles. The molecule has 0 aliphatic carbocycles. The average molecular weight is 434 g/mol. The van der Waals surface area contributed by atoms with Crippen LogP contribution in [0.3, 0.4) is 0 Å². The van der Waals surface area contributed by atoms with Crippen LogP contribution in [0.1, 0.15) is 23.7 Å². The standard InChI is InChI=1S/C26H23NO3.ClH/c1-4-22-20-14-26(29-3)25(28-2)13-19(20)17(15-27-22)11-16-9-10-24-21(12-16)18-7-5-6-8-23(18)30-24;/h5-10,12-15H,4,11H2,1-3H3;1H. The quantitative estimate of drug-likeness (QED) is 0.308. The Labute approximate surface area is 187 Å². The molecule has 5 heteroatoms. The van der Waals surface area contributed by atoms with Gasteiger partial charge in [0.1, 0.15) is 11.2 Å². The number of hydrogen-bond acceptors (Lipinski definition) is 4. The van der Waals surface area contributed by atoms with Gasteiger partial charge in [0, 0.05) is 28.0 Å². The van der Waals surface area contributed by atoms with Crippen molar-refractivity contribution in [1.29, 1.82) is 0 Å². The third-order valence-electron chi connectivity index (χ3n) is 5.73. The zero-order chi connectivity index (χ0) is 20.7. The van der Waals surface area contributed by atoms with Gasteiger partial charge in [-0.2, -0.15) is 0 Å². The number of hydrogen-bond donors (Lipinski definition) is 0. The SMILES string of the molecule is CCc1ncc(Cc2ccc3oc4ccccc4c3c2)c2cc(OC)c(OC)cc12.Cl. The number of furan rings is 1. The predicted octanol–water partition coefficient (Wildman–Crippen LogP) is 6.73. The third kappa shape index (κ3) is 3.57. The Morgan fingerprint density at radius 3 is 2.26 bits per heavy atom. The first-order chi connectivity index (χ1) is 14.7. The molecular weight excluding hydrogens is 410 g/mol. The molecule has 5 rings (SSSR count). The molecule has 0 unspecified atom stereocenters. The summed E-state index contributed by atoms with van der Waals surface area (Å²) < 4.78 is 17.1. The normalized spacial score (nSPS) is 11.1. The molecule has 2 aromatic heterocycles. The van der Waals surface area contributed by atoms with Crippen LogP contribution in [0.25, 0.3) is 32.7 Å². The highest BCUT2D eigenvalue weighted by atomic mass is 35.5. The van der Waals surface area contributed by atoms with E-state index < -0.39 is 0 Å². The van der Waals surface area contributed by atoms with Gasteiger partial charge in [0.05, 0.1) is 14.2 Å². The smallest absolute Gasteiger partial charge is 0.161 e. The van der Waals surface area contributed by atoms with Crippen molar-refractivity contribution in [2.75, 3.05) is 14.2 Å². The predicted molar refractivity (Wildman–Crippen MR) is 128 cm³/mol. The van der Waals surface area contributed by atoms with E-state index in [4.69, 9.17) is 18.9 Å². The van der Waals surface area contributed by atoms with E-state index in [1.165, 1.54) is 5.56 Å². The molecule has 0 aliphatic rings. The number of methoxy groups -OCH3 is 2. The fourth-order valence-electron chi connectivity index (χ4n) is 4.20. The maximum atomic E-state index is 5.97. The first-order valence-corrected chi connectivity index (χ1v) is 10.1. The van der Waals surface area contributed by atoms with Crippen LogP contribution in [0.15, 0.2) is 65.2 Å². The molecule has 0 amide bonds. The van der Waals surface area contributed by atoms with E-state index in [0.717, 1.165) is 68.3 Å². The van der Waals surface area contributed by atoms with Gasteiger partial charge in [-0.05, 0) is 59.7 Å². The van der Waals surface area contributed by atoms with Crippen LogP contribution in [-0.2, 0) is 12.8 Å². The molecule has 0 saturated heterocycles. The van der Waals surface area contributed by atoms with Crippen LogP contribution in [-0.4, -0.2) is 19.2 Å². The maximum absolute atomic E-state index is 5.97. The maximum Gasteiger partial charge on any atom is 0.161 e. The van der Waals surface area contributed by atoms with Gasteiger partial charge in [0.25, 0.3) is 0 Å². The number of rotatable bonds is 5. The number of aryl methyl sites for hydroxylation is 1. The van der Waals surface area contributed by atoms with E-state index >= 15 is 0 Å². The first-order valence-electron chi connectivity index (χ1n) is 10.1. The lowest BCUT2D eigenvalue weighted by Crippen LogP contribution is -1.98. The summed E-state index contributed by atoms with van der Waals surface area (Å²) in [5, 5.41) is 4.55. The molecule has 0 radical (unpaired) electrons. The van der Waals surface area contributed by atoms with Gasteiger partial charge >= 0.3 is 0 Å². The molecule has 158 valence electrons. The molecule has 0 aliphatic heterocycles. The van der Waals surface area contributed by atoms with E-state index in [9.17, 15) is 0 Å². The van der Waals surface area contributed by atoms with E-state index in [1.54, 1.807) is 14.2 Å². The number of halogens is 1. The summed E-state index contributed by atoms with van der Waals surface area (Å²) in [5.41, 5.74) is 5.27. The fraction of sp³-hybridized carbons (Fsp3) is 0.192. The van der Waals surface area contributed by atoms with Gasteiger partial charge in [-0.1, -0.05) is 31.2 Å². The van der Waals surface area contributed by atoms with Crippen molar-refractivity contribution < 1.29 is 13.9 Å². The van der Waals surface area contributed by atoms with E-state index in [-0.39, 0.29) is 12.4 Å². The minimum Gasteiger partial charge on any atom is -0.493 e. The minimum absolute atomic E-state index is 0. The highest BCUT2D eigenvalue weighted by molar-refractivity contribution is 6.05. The van der Waals surface area contributed by atoms with Crippen molar-refractivity contribution in [3.63, 3.8) is 0 Å². The molecule has 4 nitrogen and oxygen atoms in total. The topological polar surface area (TPSA) is 44.5 Å². The van der Waals surface area contributed by atoms with Gasteiger partial charge in [-0.15, -0.1) is 12.4 Å². The molecule has 0 atom stereocenters. The van der Waals surface area contributed by atoms with Crippen LogP contribution < -0.4 is 9.47 Å². The molecule has 5 aromatic rings. The van der Waals surface area contributed by atoms with Gasteiger partial charge in [-0.25, -0.2) is 0 Å². The number of nitrogens with zero attached hydrogens (tertiary/aromatic N) is 1. The highest BCUT2D eigenvalue weighted by Gasteiger charge is 2.14. The summed E-state index contributed by atoms with van der Waals surface area (Å²) in [6.07, 6.45) is 3.63. The Bertz CT molecular complexity index is 1390. The first kappa shape index (κ1) is 21.0. The molecular formula is C26H24ClNO3. The summed E-state index contributed by atoms with van der Waals surface area (Å²) in [7, 11) is 3.33. The molecule has 0 bridgehead atoms. The highest BCUT2D eigenvalue weighted by Crippen LogP contribution is 2.36. The average Bonchev–Trinajstić information content (AvgIpc) is 3.16. The molecule has 0 N–H and O–H groups in total. The van der Waals surface area contributed by atoms with Gasteiger partial charge < -0.3 is 13.9 Å². The van der Waals surface area contributed by atoms with Gasteiger partial charge in [0.15, 0.2) is 11.5 Å². The molecule has 0 spiro atoms. The van der Waals surface area contributed by atoms with Crippen molar-refractivity contribution in [2.45, 2.75) is 19.8 Å². The fourth-order valence-corrected chi connectivity index (χ4v) is 4.20. The summed E-state index contributed by atoms with van der Waals surface area (Å²) in [6, 6.07) is 18.7. The number of aromatic nitrogens is 1. The largest absolute Gasteiger partial charge is 0.493 e. The molecule has 0 saturated carbocycles. The monoisotopic (exact) mass is 433 g/mol. The van der Waals surface area contributed by atoms with Crippen LogP contribution >= 0.6 is 12.4 Å². The Hall–Kier alpha value is -3.24. The second-order valence-corrected chi connectivity index (χ2v) is 7.44. The van der Waals surface area contributed by atoms with Gasteiger partial charge in [0.2, 0.25) is 0 Å². The Kier molecular flexibility index (Phi) is 5.75. The van der Waals surface area contributed by atoms with Crippen molar-refractivity contribution in [1.82, 2.24) is 4.98 Å². The number of benzene rings is 3. The van der Waals surface area contributed by atoms with E-state index in [2.05, 4.69) is 37.3 Å². The zero-order valence-corrected chi connectivity index (χ0v) is 18.6. The Balaban J connectivity index is 0.00000231. The molecule has 31 heavy (non-hydrogen) atoms. The van der Waals surface area contributed by atoms with Crippen molar-refractivity contribution >= 4 is 45.1 Å². The lowest BCUT2D eigenvalue weighted by molar-refractivity contribution is 0.356. The molecule has 0 fully saturated rings. The van der Waals surface area contributed by atoms with Crippen molar-refractivity contribution in [2.24, 2.45) is 0 Å². The van der Waals surface area contributed by atoms with E-state index in [1.807, 2.05) is 30.5 Å². The van der Waals surface area contributed by atoms with Crippen LogP contribution in [0.2, 0.25) is 0 Å². The molecule has 2 heterocycles. The van der Waals surface area contributed by atoms with Crippen molar-refractivity contribution in [3.8, 4) is 11.5 Å². The van der Waals surface area contributed by atoms with E-state index in [0.29, 0.717) is 0 Å². The van der Waals surface area contributed by atoms with Crippen LogP contribution in [0.4, 0.5) is 0 Å². The number of ether oxygens (including phenoxy) is 2. The Morgan fingerprint density at radius 1 is 0.806 bits per heavy atom. The van der Waals surface area contributed by atoms with Gasteiger partial charge in [-0.3, -0.25) is 4.98 Å². The van der Waals surface area contributed by atoms with Crippen LogP contribution in [0, 0.1) is 0 Å². The summed E-state index contributed by atoms with van der Waals surface area (Å²) in [5.74, 6) is 1.46. The third-order valence-corrected chi connectivity index (χ3v) is 5.73. The number of para-hydroxylation sites is 1. The summed E-state index contributed by atoms with van der Waals surface area (Å²) in [4.78, 5) is 4.74. The summed E-state index contributed by atoms with van der Waals surface area (Å²) >= 11 is 0. The van der Waals surface area contributed by atoms with Crippen LogP contribution in [0.5, 0.6) is 11.5 Å². The minimum atomic E-state index is 0. The lowest BCUT2D eigenvalue weighted by atomic mass is 9.97. The lowest BCUT2D eigenvalue weighted by Gasteiger charge is -2.14. The second-order valence-electron chi connectivity index (χ2n) is 7.44.